The van der Waals surface area contributed by atoms with Gasteiger partial charge in [0.05, 0.1) is 6.10 Å². The second-order valence-electron chi connectivity index (χ2n) is 6.06. The molecule has 7 heteroatoms. The van der Waals surface area contributed by atoms with E-state index in [1.54, 1.807) is 18.0 Å². The third kappa shape index (κ3) is 3.14. The minimum atomic E-state index is 0.101. The number of aromatic nitrogens is 5. The molecule has 0 radical (unpaired) electrons. The normalized spacial score (nSPS) is 21.2. The first-order valence-electron chi connectivity index (χ1n) is 8.08. The van der Waals surface area contributed by atoms with Gasteiger partial charge in [-0.1, -0.05) is 17.8 Å². The maximum absolute atomic E-state index is 5.91. The van der Waals surface area contributed by atoms with Crippen molar-refractivity contribution in [3.63, 3.8) is 0 Å². The van der Waals surface area contributed by atoms with Gasteiger partial charge in [0.25, 0.3) is 5.78 Å². The summed E-state index contributed by atoms with van der Waals surface area (Å²) < 4.78 is 7.73. The average molecular weight is 341 g/mol. The highest BCUT2D eigenvalue weighted by atomic mass is 32.2. The summed E-state index contributed by atoms with van der Waals surface area (Å²) in [6.07, 6.45) is 5.72. The Bertz CT molecular complexity index is 851. The zero-order chi connectivity index (χ0) is 16.5. The Hall–Kier alpha value is -1.99. The number of aryl methyl sites for hydroxylation is 2. The third-order valence-electron chi connectivity index (χ3n) is 4.16. The van der Waals surface area contributed by atoms with E-state index < -0.39 is 0 Å². The smallest absolute Gasteiger partial charge is 0.253 e. The summed E-state index contributed by atoms with van der Waals surface area (Å²) in [5.74, 6) is 0.672. The van der Waals surface area contributed by atoms with Gasteiger partial charge in [-0.15, -0.1) is 5.10 Å². The molecule has 1 fully saturated rings. The predicted octanol–water partition coefficient (Wildman–Crippen LogP) is 3.15. The van der Waals surface area contributed by atoms with Gasteiger partial charge in [-0.05, 0) is 44.4 Å². The lowest BCUT2D eigenvalue weighted by Gasteiger charge is -2.28. The van der Waals surface area contributed by atoms with Crippen LogP contribution in [0.15, 0.2) is 35.7 Å². The van der Waals surface area contributed by atoms with Gasteiger partial charge >= 0.3 is 0 Å². The Morgan fingerprint density at radius 1 is 1.29 bits per heavy atom. The molecule has 124 valence electrons. The summed E-state index contributed by atoms with van der Waals surface area (Å²) in [4.78, 5) is 13.2. The molecular formula is C17H19N5OS. The van der Waals surface area contributed by atoms with E-state index in [0.717, 1.165) is 41.6 Å². The maximum atomic E-state index is 5.91. The summed E-state index contributed by atoms with van der Waals surface area (Å²) in [7, 11) is 0. The summed E-state index contributed by atoms with van der Waals surface area (Å²) in [5, 5.41) is 5.82. The molecule has 4 heterocycles. The molecular weight excluding hydrogens is 322 g/mol. The van der Waals surface area contributed by atoms with Crippen LogP contribution in [-0.2, 0) is 4.74 Å². The summed E-state index contributed by atoms with van der Waals surface area (Å²) in [5.41, 5.74) is 3.16. The van der Waals surface area contributed by atoms with E-state index in [9.17, 15) is 0 Å². The summed E-state index contributed by atoms with van der Waals surface area (Å²) in [6, 6.07) is 6.04. The second-order valence-corrected chi connectivity index (χ2v) is 7.32. The number of rotatable bonds is 3. The Morgan fingerprint density at radius 2 is 2.21 bits per heavy atom. The van der Waals surface area contributed by atoms with Crippen LogP contribution < -0.4 is 0 Å². The molecule has 0 N–H and O–H groups in total. The van der Waals surface area contributed by atoms with E-state index in [-0.39, 0.29) is 6.10 Å². The molecule has 4 rings (SSSR count). The molecule has 0 unspecified atom stereocenters. The van der Waals surface area contributed by atoms with E-state index in [1.807, 2.05) is 36.7 Å². The molecule has 1 aliphatic rings. The number of pyridine rings is 1. The van der Waals surface area contributed by atoms with E-state index in [0.29, 0.717) is 11.0 Å². The first-order valence-corrected chi connectivity index (χ1v) is 8.96. The van der Waals surface area contributed by atoms with Crippen molar-refractivity contribution in [2.75, 3.05) is 6.61 Å². The van der Waals surface area contributed by atoms with Crippen LogP contribution in [0.25, 0.3) is 5.78 Å². The van der Waals surface area contributed by atoms with Crippen LogP contribution in [0.2, 0.25) is 0 Å². The van der Waals surface area contributed by atoms with Crippen molar-refractivity contribution in [1.82, 2.24) is 24.6 Å². The Balaban J connectivity index is 1.52. The molecule has 3 aromatic heterocycles. The lowest BCUT2D eigenvalue weighted by atomic mass is 10.0. The summed E-state index contributed by atoms with van der Waals surface area (Å²) in [6.45, 7) is 4.75. The predicted molar refractivity (Wildman–Crippen MR) is 92.1 cm³/mol. The standard InChI is InChI=1S/C17H19N5OS/c1-11-8-12(2)22-16(19-11)20-17(21-22)24-14-5-7-23-15(9-14)13-4-3-6-18-10-13/h3-4,6,8,10,14-15H,5,7,9H2,1-2H3/t14-,15+/m1/s1. The molecule has 1 aliphatic heterocycles. The highest BCUT2D eigenvalue weighted by Crippen LogP contribution is 2.36. The van der Waals surface area contributed by atoms with E-state index in [2.05, 4.69) is 26.1 Å². The fourth-order valence-electron chi connectivity index (χ4n) is 3.02. The van der Waals surface area contributed by atoms with Gasteiger partial charge in [0, 0.05) is 35.6 Å². The van der Waals surface area contributed by atoms with Crippen molar-refractivity contribution in [2.24, 2.45) is 0 Å². The van der Waals surface area contributed by atoms with Crippen molar-refractivity contribution in [3.8, 4) is 0 Å². The maximum Gasteiger partial charge on any atom is 0.253 e. The van der Waals surface area contributed by atoms with Crippen molar-refractivity contribution >= 4 is 17.5 Å². The largest absolute Gasteiger partial charge is 0.373 e. The van der Waals surface area contributed by atoms with Gasteiger partial charge in [0.15, 0.2) is 0 Å². The first kappa shape index (κ1) is 15.5. The van der Waals surface area contributed by atoms with Crippen LogP contribution in [0, 0.1) is 13.8 Å². The monoisotopic (exact) mass is 341 g/mol. The van der Waals surface area contributed by atoms with Crippen LogP contribution >= 0.6 is 11.8 Å². The molecule has 0 aromatic carbocycles. The van der Waals surface area contributed by atoms with Crippen LogP contribution in [0.5, 0.6) is 0 Å². The van der Waals surface area contributed by atoms with Gasteiger partial charge in [0.1, 0.15) is 0 Å². The Kier molecular flexibility index (Phi) is 4.20. The Labute approximate surface area is 144 Å². The van der Waals surface area contributed by atoms with Crippen molar-refractivity contribution in [2.45, 2.75) is 43.2 Å². The second kappa shape index (κ2) is 6.49. The highest BCUT2D eigenvalue weighted by molar-refractivity contribution is 7.99. The minimum absolute atomic E-state index is 0.101. The van der Waals surface area contributed by atoms with Crippen LogP contribution in [0.4, 0.5) is 0 Å². The molecule has 0 spiro atoms. The van der Waals surface area contributed by atoms with Gasteiger partial charge in [0.2, 0.25) is 5.16 Å². The molecule has 6 nitrogen and oxygen atoms in total. The van der Waals surface area contributed by atoms with Crippen molar-refractivity contribution in [3.05, 3.63) is 47.5 Å². The zero-order valence-corrected chi connectivity index (χ0v) is 14.5. The lowest BCUT2D eigenvalue weighted by molar-refractivity contribution is 0.0176. The van der Waals surface area contributed by atoms with Crippen LogP contribution in [0.3, 0.4) is 0 Å². The molecule has 0 aliphatic carbocycles. The molecule has 0 bridgehead atoms. The third-order valence-corrected chi connectivity index (χ3v) is 5.31. The zero-order valence-electron chi connectivity index (χ0n) is 13.7. The molecule has 24 heavy (non-hydrogen) atoms. The molecule has 2 atom stereocenters. The molecule has 3 aromatic rings. The van der Waals surface area contributed by atoms with Crippen LogP contribution in [-0.4, -0.2) is 36.4 Å². The highest BCUT2D eigenvalue weighted by Gasteiger charge is 2.26. The molecule has 1 saturated heterocycles. The van der Waals surface area contributed by atoms with E-state index >= 15 is 0 Å². The quantitative estimate of drug-likeness (QED) is 0.729. The SMILES string of the molecule is Cc1cc(C)n2nc(S[C@@H]3CCO[C@H](c4cccnc4)C3)nc2n1. The number of ether oxygens (including phenoxy) is 1. The van der Waals surface area contributed by atoms with Crippen molar-refractivity contribution < 1.29 is 4.74 Å². The first-order chi connectivity index (χ1) is 11.7. The number of nitrogens with zero attached hydrogens (tertiary/aromatic N) is 5. The average Bonchev–Trinajstić information content (AvgIpc) is 2.98. The topological polar surface area (TPSA) is 65.2 Å². The van der Waals surface area contributed by atoms with Gasteiger partial charge < -0.3 is 4.74 Å². The molecule has 0 saturated carbocycles. The van der Waals surface area contributed by atoms with Crippen LogP contribution in [0.1, 0.15) is 35.9 Å². The fraction of sp³-hybridized carbons (Fsp3) is 0.412. The molecule has 0 amide bonds. The van der Waals surface area contributed by atoms with E-state index in [4.69, 9.17) is 4.74 Å². The number of fused-ring (bicyclic) bond motifs is 1. The van der Waals surface area contributed by atoms with Crippen molar-refractivity contribution in [1.29, 1.82) is 0 Å². The lowest BCUT2D eigenvalue weighted by Crippen LogP contribution is -2.21. The number of hydrogen-bond donors (Lipinski definition) is 0. The minimum Gasteiger partial charge on any atom is -0.373 e. The van der Waals surface area contributed by atoms with E-state index in [1.165, 1.54) is 0 Å². The van der Waals surface area contributed by atoms with Gasteiger partial charge in [-0.25, -0.2) is 9.50 Å². The van der Waals surface area contributed by atoms with Gasteiger partial charge in [-0.2, -0.15) is 4.98 Å². The summed E-state index contributed by atoms with van der Waals surface area (Å²) >= 11 is 1.72. The van der Waals surface area contributed by atoms with Gasteiger partial charge in [-0.3, -0.25) is 4.98 Å². The number of thioether (sulfide) groups is 1. The Morgan fingerprint density at radius 3 is 3.04 bits per heavy atom. The number of hydrogen-bond acceptors (Lipinski definition) is 6. The fourth-order valence-corrected chi connectivity index (χ4v) is 4.07.